The van der Waals surface area contributed by atoms with Crippen LogP contribution < -0.4 is 10.1 Å². The molecule has 0 saturated heterocycles. The molecule has 21 heavy (non-hydrogen) atoms. The van der Waals surface area contributed by atoms with Gasteiger partial charge in [-0.2, -0.15) is 5.10 Å². The smallest absolute Gasteiger partial charge is 0.263 e. The van der Waals surface area contributed by atoms with Crippen LogP contribution in [0, 0.1) is 0 Å². The van der Waals surface area contributed by atoms with Gasteiger partial charge in [-0.25, -0.2) is 0 Å². The Kier molecular flexibility index (Phi) is 5.09. The van der Waals surface area contributed by atoms with Crippen molar-refractivity contribution in [1.29, 1.82) is 0 Å². The normalized spacial score (nSPS) is 10.7. The third-order valence-electron chi connectivity index (χ3n) is 2.74. The van der Waals surface area contributed by atoms with Crippen LogP contribution in [0.4, 0.5) is 5.82 Å². The summed E-state index contributed by atoms with van der Waals surface area (Å²) >= 11 is 11.7. The number of carbonyl (C=O) groups excluding carboxylic acids is 1. The van der Waals surface area contributed by atoms with E-state index in [4.69, 9.17) is 27.9 Å². The summed E-state index contributed by atoms with van der Waals surface area (Å²) in [5, 5.41) is 10.4. The van der Waals surface area contributed by atoms with Crippen molar-refractivity contribution in [3.8, 4) is 5.75 Å². The highest BCUT2D eigenvalue weighted by atomic mass is 35.5. The third-order valence-corrected chi connectivity index (χ3v) is 3.27. The number of carbonyl (C=O) groups is 1. The van der Waals surface area contributed by atoms with Crippen LogP contribution in [0.15, 0.2) is 24.3 Å². The predicted molar refractivity (Wildman–Crippen MR) is 83.3 cm³/mol. The minimum Gasteiger partial charge on any atom is -0.482 e. The first-order chi connectivity index (χ1) is 9.95. The average molecular weight is 328 g/mol. The van der Waals surface area contributed by atoms with Gasteiger partial charge in [0.2, 0.25) is 0 Å². The highest BCUT2D eigenvalue weighted by Crippen LogP contribution is 2.27. The molecule has 0 spiro atoms. The van der Waals surface area contributed by atoms with Gasteiger partial charge in [-0.1, -0.05) is 37.0 Å². The van der Waals surface area contributed by atoms with Crippen LogP contribution in [-0.2, 0) is 4.79 Å². The number of ether oxygens (including phenoxy) is 1. The number of aromatic nitrogens is 2. The number of nitrogens with zero attached hydrogens (tertiary/aromatic N) is 1. The Morgan fingerprint density at radius 2 is 2.14 bits per heavy atom. The molecule has 1 amide bonds. The zero-order chi connectivity index (χ0) is 15.4. The van der Waals surface area contributed by atoms with E-state index in [1.807, 2.05) is 13.8 Å². The second-order valence-electron chi connectivity index (χ2n) is 4.77. The van der Waals surface area contributed by atoms with Crippen molar-refractivity contribution in [1.82, 2.24) is 10.2 Å². The molecule has 0 unspecified atom stereocenters. The van der Waals surface area contributed by atoms with Crippen LogP contribution in [0.3, 0.4) is 0 Å². The van der Waals surface area contributed by atoms with Crippen molar-refractivity contribution in [2.45, 2.75) is 19.8 Å². The van der Waals surface area contributed by atoms with Gasteiger partial charge in [-0.15, -0.1) is 0 Å². The van der Waals surface area contributed by atoms with E-state index in [1.54, 1.807) is 24.3 Å². The molecule has 0 aliphatic carbocycles. The van der Waals surface area contributed by atoms with Crippen molar-refractivity contribution in [3.05, 3.63) is 40.0 Å². The number of aromatic amines is 1. The first kappa shape index (κ1) is 15.7. The van der Waals surface area contributed by atoms with E-state index < -0.39 is 0 Å². The number of nitrogens with one attached hydrogen (secondary N) is 2. The number of hydrogen-bond donors (Lipinski definition) is 2. The summed E-state index contributed by atoms with van der Waals surface area (Å²) in [4.78, 5) is 11.8. The number of hydrogen-bond acceptors (Lipinski definition) is 3. The number of amides is 1. The van der Waals surface area contributed by atoms with Crippen molar-refractivity contribution >= 4 is 34.9 Å². The summed E-state index contributed by atoms with van der Waals surface area (Å²) in [5.41, 5.74) is 0.951. The lowest BCUT2D eigenvalue weighted by atomic mass is 10.1. The van der Waals surface area contributed by atoms with Gasteiger partial charge in [0.25, 0.3) is 5.91 Å². The number of H-pyrrole nitrogens is 1. The number of rotatable bonds is 5. The molecule has 2 rings (SSSR count). The van der Waals surface area contributed by atoms with E-state index in [0.717, 1.165) is 5.69 Å². The number of benzene rings is 1. The summed E-state index contributed by atoms with van der Waals surface area (Å²) < 4.78 is 5.34. The first-order valence-corrected chi connectivity index (χ1v) is 7.14. The average Bonchev–Trinajstić information content (AvgIpc) is 2.86. The molecule has 0 atom stereocenters. The molecule has 0 aliphatic heterocycles. The Morgan fingerprint density at radius 3 is 2.76 bits per heavy atom. The van der Waals surface area contributed by atoms with Crippen LogP contribution >= 0.6 is 23.2 Å². The maximum absolute atomic E-state index is 11.8. The van der Waals surface area contributed by atoms with Crippen molar-refractivity contribution < 1.29 is 9.53 Å². The maximum atomic E-state index is 11.8. The Labute approximate surface area is 132 Å². The standard InChI is InChI=1S/C14H15Cl2N3O2/c1-8(2)11-6-13(19-18-11)17-14(20)7-21-12-4-3-9(15)5-10(12)16/h3-6,8H,7H2,1-2H3,(H2,17,18,19,20). The van der Waals surface area contributed by atoms with Crippen molar-refractivity contribution in [3.63, 3.8) is 0 Å². The van der Waals surface area contributed by atoms with E-state index in [1.165, 1.54) is 0 Å². The fourth-order valence-corrected chi connectivity index (χ4v) is 2.07. The van der Waals surface area contributed by atoms with E-state index in [0.29, 0.717) is 27.5 Å². The summed E-state index contributed by atoms with van der Waals surface area (Å²) in [6.07, 6.45) is 0. The molecule has 7 heteroatoms. The van der Waals surface area contributed by atoms with Crippen LogP contribution in [0.2, 0.25) is 10.0 Å². The van der Waals surface area contributed by atoms with Gasteiger partial charge in [0.05, 0.1) is 5.02 Å². The highest BCUT2D eigenvalue weighted by molar-refractivity contribution is 6.35. The van der Waals surface area contributed by atoms with Crippen LogP contribution in [-0.4, -0.2) is 22.7 Å². The first-order valence-electron chi connectivity index (χ1n) is 6.38. The molecule has 1 heterocycles. The van der Waals surface area contributed by atoms with Gasteiger partial charge in [-0.05, 0) is 24.1 Å². The Balaban J connectivity index is 1.89. The Hall–Kier alpha value is -1.72. The quantitative estimate of drug-likeness (QED) is 0.876. The topological polar surface area (TPSA) is 67.0 Å². The lowest BCUT2D eigenvalue weighted by Gasteiger charge is -2.07. The van der Waals surface area contributed by atoms with Gasteiger partial charge in [0.15, 0.2) is 12.4 Å². The molecule has 2 N–H and O–H groups in total. The van der Waals surface area contributed by atoms with E-state index in [2.05, 4.69) is 15.5 Å². The van der Waals surface area contributed by atoms with Crippen LogP contribution in [0.1, 0.15) is 25.5 Å². The van der Waals surface area contributed by atoms with E-state index in [-0.39, 0.29) is 12.5 Å². The van der Waals surface area contributed by atoms with Gasteiger partial charge >= 0.3 is 0 Å². The molecule has 0 aliphatic rings. The molecular formula is C14H15Cl2N3O2. The van der Waals surface area contributed by atoms with Gasteiger partial charge in [-0.3, -0.25) is 9.89 Å². The summed E-state index contributed by atoms with van der Waals surface area (Å²) in [7, 11) is 0. The number of anilines is 1. The molecule has 0 radical (unpaired) electrons. The highest BCUT2D eigenvalue weighted by Gasteiger charge is 2.10. The molecule has 5 nitrogen and oxygen atoms in total. The van der Waals surface area contributed by atoms with Gasteiger partial charge in [0.1, 0.15) is 5.75 Å². The lowest BCUT2D eigenvalue weighted by molar-refractivity contribution is -0.118. The fourth-order valence-electron chi connectivity index (χ4n) is 1.61. The minimum atomic E-state index is -0.317. The van der Waals surface area contributed by atoms with E-state index >= 15 is 0 Å². The molecular weight excluding hydrogens is 313 g/mol. The number of halogens is 2. The monoisotopic (exact) mass is 327 g/mol. The zero-order valence-electron chi connectivity index (χ0n) is 11.6. The largest absolute Gasteiger partial charge is 0.482 e. The van der Waals surface area contributed by atoms with Gasteiger partial charge in [0, 0.05) is 16.8 Å². The third kappa shape index (κ3) is 4.37. The predicted octanol–water partition coefficient (Wildman–Crippen LogP) is 3.86. The fraction of sp³-hybridized carbons (Fsp3) is 0.286. The molecule has 1 aromatic heterocycles. The Bertz CT molecular complexity index is 641. The molecule has 1 aromatic carbocycles. The van der Waals surface area contributed by atoms with Crippen molar-refractivity contribution in [2.24, 2.45) is 0 Å². The SMILES string of the molecule is CC(C)c1cc(NC(=O)COc2ccc(Cl)cc2Cl)n[nH]1. The molecule has 2 aromatic rings. The van der Waals surface area contributed by atoms with Crippen LogP contribution in [0.25, 0.3) is 0 Å². The van der Waals surface area contributed by atoms with Crippen LogP contribution in [0.5, 0.6) is 5.75 Å². The molecule has 112 valence electrons. The minimum absolute atomic E-state index is 0.161. The molecule has 0 fully saturated rings. The maximum Gasteiger partial charge on any atom is 0.263 e. The lowest BCUT2D eigenvalue weighted by Crippen LogP contribution is -2.20. The van der Waals surface area contributed by atoms with Gasteiger partial charge < -0.3 is 10.1 Å². The summed E-state index contributed by atoms with van der Waals surface area (Å²) in [6.45, 7) is 3.90. The molecule has 0 bridgehead atoms. The second-order valence-corrected chi connectivity index (χ2v) is 5.62. The zero-order valence-corrected chi connectivity index (χ0v) is 13.1. The summed E-state index contributed by atoms with van der Waals surface area (Å²) in [6, 6.07) is 6.60. The summed E-state index contributed by atoms with van der Waals surface area (Å²) in [5.74, 6) is 0.866. The van der Waals surface area contributed by atoms with Crippen molar-refractivity contribution in [2.75, 3.05) is 11.9 Å². The Morgan fingerprint density at radius 1 is 1.38 bits per heavy atom. The van der Waals surface area contributed by atoms with E-state index in [9.17, 15) is 4.79 Å². The second kappa shape index (κ2) is 6.83. The molecule has 0 saturated carbocycles.